The number of carbonyl (C=O) groups excluding carboxylic acids is 1. The van der Waals surface area contributed by atoms with Crippen molar-refractivity contribution >= 4 is 16.9 Å². The molecule has 100 valence electrons. The predicted molar refractivity (Wildman–Crippen MR) is 76.4 cm³/mol. The quantitative estimate of drug-likeness (QED) is 0.758. The number of nitrogens with one attached hydrogen (secondary N) is 2. The summed E-state index contributed by atoms with van der Waals surface area (Å²) >= 11 is 0. The maximum atomic E-state index is 11.8. The van der Waals surface area contributed by atoms with Crippen LogP contribution in [-0.4, -0.2) is 27.4 Å². The molecule has 2 heterocycles. The second-order valence-corrected chi connectivity index (χ2v) is 4.50. The maximum absolute atomic E-state index is 11.8. The van der Waals surface area contributed by atoms with Crippen LogP contribution in [0.2, 0.25) is 0 Å². The van der Waals surface area contributed by atoms with Gasteiger partial charge in [0.2, 0.25) is 0 Å². The van der Waals surface area contributed by atoms with Crippen molar-refractivity contribution in [2.24, 2.45) is 0 Å². The van der Waals surface area contributed by atoms with Crippen molar-refractivity contribution in [1.29, 1.82) is 0 Å². The van der Waals surface area contributed by atoms with Gasteiger partial charge in [0, 0.05) is 18.9 Å². The average Bonchev–Trinajstić information content (AvgIpc) is 2.95. The number of aromatic nitrogens is 3. The van der Waals surface area contributed by atoms with Crippen LogP contribution < -0.4 is 5.32 Å². The van der Waals surface area contributed by atoms with Crippen LogP contribution in [0.4, 0.5) is 0 Å². The molecular weight excluding hydrogens is 252 g/mol. The van der Waals surface area contributed by atoms with Crippen LogP contribution in [0, 0.1) is 0 Å². The van der Waals surface area contributed by atoms with Gasteiger partial charge in [0.15, 0.2) is 0 Å². The van der Waals surface area contributed by atoms with Gasteiger partial charge in [0.25, 0.3) is 5.91 Å². The first-order valence-corrected chi connectivity index (χ1v) is 6.43. The molecule has 0 bridgehead atoms. The molecule has 0 radical (unpaired) electrons. The van der Waals surface area contributed by atoms with Gasteiger partial charge in [-0.25, -0.2) is 4.98 Å². The van der Waals surface area contributed by atoms with Gasteiger partial charge < -0.3 is 10.3 Å². The molecule has 0 aliphatic carbocycles. The van der Waals surface area contributed by atoms with Gasteiger partial charge in [-0.3, -0.25) is 9.78 Å². The molecule has 2 N–H and O–H groups in total. The number of hydrogen-bond acceptors (Lipinski definition) is 3. The molecule has 3 rings (SSSR count). The number of aromatic amines is 1. The van der Waals surface area contributed by atoms with Crippen LogP contribution in [0.25, 0.3) is 11.0 Å². The Hall–Kier alpha value is -2.69. The molecule has 2 aromatic heterocycles. The monoisotopic (exact) mass is 266 g/mol. The molecule has 1 amide bonds. The lowest BCUT2D eigenvalue weighted by Crippen LogP contribution is -2.25. The Kier molecular flexibility index (Phi) is 3.41. The van der Waals surface area contributed by atoms with Gasteiger partial charge in [-0.1, -0.05) is 6.07 Å². The van der Waals surface area contributed by atoms with E-state index in [0.717, 1.165) is 23.0 Å². The van der Waals surface area contributed by atoms with Crippen molar-refractivity contribution in [2.75, 3.05) is 6.54 Å². The van der Waals surface area contributed by atoms with E-state index in [0.29, 0.717) is 12.1 Å². The molecule has 20 heavy (non-hydrogen) atoms. The molecule has 0 spiro atoms. The molecule has 5 nitrogen and oxygen atoms in total. The summed E-state index contributed by atoms with van der Waals surface area (Å²) in [4.78, 5) is 23.0. The van der Waals surface area contributed by atoms with E-state index in [-0.39, 0.29) is 5.91 Å². The first-order chi connectivity index (χ1) is 9.83. The molecule has 5 heteroatoms. The molecule has 0 unspecified atom stereocenters. The number of pyridine rings is 1. The summed E-state index contributed by atoms with van der Waals surface area (Å²) in [6.07, 6.45) is 5.67. The first kappa shape index (κ1) is 12.3. The standard InChI is InChI=1S/C15H14N4O/c20-15(12-2-1-6-16-9-12)17-7-5-11-3-4-13-14(8-11)19-10-18-13/h1-4,6,8-10H,5,7H2,(H,17,20)(H,18,19). The summed E-state index contributed by atoms with van der Waals surface area (Å²) in [7, 11) is 0. The molecule has 0 aliphatic heterocycles. The normalized spacial score (nSPS) is 10.6. The van der Waals surface area contributed by atoms with Gasteiger partial charge in [-0.05, 0) is 36.2 Å². The maximum Gasteiger partial charge on any atom is 0.252 e. The number of imidazole rings is 1. The van der Waals surface area contributed by atoms with Gasteiger partial charge in [0.05, 0.1) is 22.9 Å². The van der Waals surface area contributed by atoms with Crippen molar-refractivity contribution < 1.29 is 4.79 Å². The Morgan fingerprint density at radius 2 is 2.25 bits per heavy atom. The van der Waals surface area contributed by atoms with E-state index in [9.17, 15) is 4.79 Å². The van der Waals surface area contributed by atoms with E-state index in [2.05, 4.69) is 26.3 Å². The molecule has 0 fully saturated rings. The van der Waals surface area contributed by atoms with Gasteiger partial charge in [-0.2, -0.15) is 0 Å². The molecule has 0 saturated carbocycles. The SMILES string of the molecule is O=C(NCCc1ccc2nc[nH]c2c1)c1cccnc1. The highest BCUT2D eigenvalue weighted by atomic mass is 16.1. The highest BCUT2D eigenvalue weighted by molar-refractivity contribution is 5.93. The number of benzene rings is 1. The Labute approximate surface area is 116 Å². The topological polar surface area (TPSA) is 70.7 Å². The van der Waals surface area contributed by atoms with Crippen molar-refractivity contribution in [1.82, 2.24) is 20.3 Å². The van der Waals surface area contributed by atoms with E-state index in [4.69, 9.17) is 0 Å². The largest absolute Gasteiger partial charge is 0.352 e. The molecule has 1 aromatic carbocycles. The number of nitrogens with zero attached hydrogens (tertiary/aromatic N) is 2. The lowest BCUT2D eigenvalue weighted by molar-refractivity contribution is 0.0954. The minimum atomic E-state index is -0.0966. The van der Waals surface area contributed by atoms with Crippen molar-refractivity contribution in [3.63, 3.8) is 0 Å². The summed E-state index contributed by atoms with van der Waals surface area (Å²) in [6, 6.07) is 9.56. The molecule has 0 saturated heterocycles. The van der Waals surface area contributed by atoms with Crippen LogP contribution in [0.5, 0.6) is 0 Å². The molecule has 0 aliphatic rings. The van der Waals surface area contributed by atoms with E-state index < -0.39 is 0 Å². The Morgan fingerprint density at radius 1 is 1.30 bits per heavy atom. The van der Waals surface area contributed by atoms with Crippen LogP contribution in [0.15, 0.2) is 49.1 Å². The zero-order valence-corrected chi connectivity index (χ0v) is 10.8. The van der Waals surface area contributed by atoms with E-state index >= 15 is 0 Å². The predicted octanol–water partition coefficient (Wildman–Crippen LogP) is 1.93. The summed E-state index contributed by atoms with van der Waals surface area (Å²) in [6.45, 7) is 0.591. The van der Waals surface area contributed by atoms with Crippen LogP contribution in [0.3, 0.4) is 0 Å². The van der Waals surface area contributed by atoms with Gasteiger partial charge >= 0.3 is 0 Å². The lowest BCUT2D eigenvalue weighted by Gasteiger charge is -2.05. The first-order valence-electron chi connectivity index (χ1n) is 6.43. The minimum Gasteiger partial charge on any atom is -0.352 e. The zero-order chi connectivity index (χ0) is 13.8. The van der Waals surface area contributed by atoms with Crippen LogP contribution in [0.1, 0.15) is 15.9 Å². The number of amides is 1. The summed E-state index contributed by atoms with van der Waals surface area (Å²) in [5.74, 6) is -0.0966. The average molecular weight is 266 g/mol. The number of hydrogen-bond donors (Lipinski definition) is 2. The highest BCUT2D eigenvalue weighted by Gasteiger charge is 2.04. The number of carbonyl (C=O) groups is 1. The Balaban J connectivity index is 1.58. The molecular formula is C15H14N4O. The summed E-state index contributed by atoms with van der Waals surface area (Å²) in [5, 5.41) is 2.88. The van der Waals surface area contributed by atoms with Crippen molar-refractivity contribution in [2.45, 2.75) is 6.42 Å². The third-order valence-corrected chi connectivity index (χ3v) is 3.11. The number of H-pyrrole nitrogens is 1. The highest BCUT2D eigenvalue weighted by Crippen LogP contribution is 2.11. The lowest BCUT2D eigenvalue weighted by atomic mass is 10.1. The second kappa shape index (κ2) is 5.52. The molecule has 0 atom stereocenters. The van der Waals surface area contributed by atoms with Gasteiger partial charge in [0.1, 0.15) is 0 Å². The van der Waals surface area contributed by atoms with Crippen molar-refractivity contribution in [3.8, 4) is 0 Å². The summed E-state index contributed by atoms with van der Waals surface area (Å²) < 4.78 is 0. The van der Waals surface area contributed by atoms with Gasteiger partial charge in [-0.15, -0.1) is 0 Å². The van der Waals surface area contributed by atoms with E-state index in [1.54, 1.807) is 30.9 Å². The number of rotatable bonds is 4. The fourth-order valence-electron chi connectivity index (χ4n) is 2.06. The minimum absolute atomic E-state index is 0.0966. The van der Waals surface area contributed by atoms with Crippen molar-refractivity contribution in [3.05, 3.63) is 60.2 Å². The van der Waals surface area contributed by atoms with E-state index in [1.165, 1.54) is 0 Å². The third-order valence-electron chi connectivity index (χ3n) is 3.11. The molecule has 3 aromatic rings. The zero-order valence-electron chi connectivity index (χ0n) is 10.8. The Morgan fingerprint density at radius 3 is 3.10 bits per heavy atom. The van der Waals surface area contributed by atoms with Crippen LogP contribution >= 0.6 is 0 Å². The summed E-state index contributed by atoms with van der Waals surface area (Å²) in [5.41, 5.74) is 3.71. The second-order valence-electron chi connectivity index (χ2n) is 4.50. The fraction of sp³-hybridized carbons (Fsp3) is 0.133. The number of fused-ring (bicyclic) bond motifs is 1. The van der Waals surface area contributed by atoms with Crippen LogP contribution in [-0.2, 0) is 6.42 Å². The Bertz CT molecular complexity index is 721. The van der Waals surface area contributed by atoms with E-state index in [1.807, 2.05) is 12.1 Å². The third kappa shape index (κ3) is 2.66. The fourth-order valence-corrected chi connectivity index (χ4v) is 2.06. The smallest absolute Gasteiger partial charge is 0.252 e.